The fourth-order valence-electron chi connectivity index (χ4n) is 1.20. The van der Waals surface area contributed by atoms with Gasteiger partial charge in [-0.25, -0.2) is 0 Å². The molecule has 0 fully saturated rings. The van der Waals surface area contributed by atoms with E-state index >= 15 is 0 Å². The van der Waals surface area contributed by atoms with Crippen LogP contribution in [-0.4, -0.2) is 25.1 Å². The molecule has 0 rings (SSSR count). The van der Waals surface area contributed by atoms with Gasteiger partial charge in [-0.2, -0.15) is 11.8 Å². The fourth-order valence-corrected chi connectivity index (χ4v) is 1.84. The maximum absolute atomic E-state index is 3.49. The molecule has 0 saturated carbocycles. The van der Waals surface area contributed by atoms with Crippen molar-refractivity contribution >= 4 is 11.8 Å². The Labute approximate surface area is 88.1 Å². The highest BCUT2D eigenvalue weighted by molar-refractivity contribution is 7.98. The van der Waals surface area contributed by atoms with Crippen LogP contribution >= 0.6 is 11.8 Å². The van der Waals surface area contributed by atoms with Gasteiger partial charge in [-0.1, -0.05) is 20.8 Å². The van der Waals surface area contributed by atoms with Gasteiger partial charge in [0.25, 0.3) is 0 Å². The molecule has 1 atom stereocenters. The Hall–Kier alpha value is 0.310. The van der Waals surface area contributed by atoms with E-state index in [2.05, 4.69) is 32.3 Å². The van der Waals surface area contributed by atoms with E-state index in [9.17, 15) is 0 Å². The van der Waals surface area contributed by atoms with Crippen LogP contribution < -0.4 is 5.32 Å². The van der Waals surface area contributed by atoms with Crippen molar-refractivity contribution in [2.75, 3.05) is 25.1 Å². The summed E-state index contributed by atoms with van der Waals surface area (Å²) in [6, 6.07) is 0. The van der Waals surface area contributed by atoms with Gasteiger partial charge in [0.2, 0.25) is 0 Å². The van der Waals surface area contributed by atoms with Crippen LogP contribution in [0.4, 0.5) is 0 Å². The molecule has 80 valence electrons. The number of rotatable bonds is 8. The topological polar surface area (TPSA) is 12.0 Å². The van der Waals surface area contributed by atoms with E-state index in [1.165, 1.54) is 25.1 Å². The van der Waals surface area contributed by atoms with Crippen LogP contribution in [-0.2, 0) is 0 Å². The van der Waals surface area contributed by atoms with E-state index in [1.807, 2.05) is 11.8 Å². The zero-order chi connectivity index (χ0) is 10.1. The predicted octanol–water partition coefficient (Wildman–Crippen LogP) is 3.01. The standard InChI is InChI=1S/C11H25NS/c1-10(2)9-12-7-5-11(3)6-8-13-4/h10-12H,5-9H2,1-4H3. The van der Waals surface area contributed by atoms with Gasteiger partial charge in [-0.15, -0.1) is 0 Å². The first kappa shape index (κ1) is 13.3. The SMILES string of the molecule is CSCCC(C)CCNCC(C)C. The summed E-state index contributed by atoms with van der Waals surface area (Å²) >= 11 is 1.95. The molecule has 0 radical (unpaired) electrons. The van der Waals surface area contributed by atoms with Gasteiger partial charge in [0, 0.05) is 0 Å². The molecule has 0 aromatic heterocycles. The minimum Gasteiger partial charge on any atom is -0.316 e. The summed E-state index contributed by atoms with van der Waals surface area (Å²) in [5.74, 6) is 2.97. The van der Waals surface area contributed by atoms with Crippen molar-refractivity contribution in [3.8, 4) is 0 Å². The zero-order valence-corrected chi connectivity index (χ0v) is 10.4. The minimum atomic E-state index is 0.779. The van der Waals surface area contributed by atoms with E-state index < -0.39 is 0 Å². The lowest BCUT2D eigenvalue weighted by molar-refractivity contribution is 0.469. The normalized spacial score (nSPS) is 13.6. The number of thioether (sulfide) groups is 1. The Bertz CT molecular complexity index is 104. The van der Waals surface area contributed by atoms with Crippen molar-refractivity contribution in [2.45, 2.75) is 33.6 Å². The van der Waals surface area contributed by atoms with E-state index in [-0.39, 0.29) is 0 Å². The molecule has 0 saturated heterocycles. The van der Waals surface area contributed by atoms with Gasteiger partial charge < -0.3 is 5.32 Å². The molecule has 1 nitrogen and oxygen atoms in total. The van der Waals surface area contributed by atoms with Gasteiger partial charge in [-0.05, 0) is 49.8 Å². The van der Waals surface area contributed by atoms with Crippen molar-refractivity contribution < 1.29 is 0 Å². The molecule has 0 bridgehead atoms. The van der Waals surface area contributed by atoms with Crippen LogP contribution in [0.1, 0.15) is 33.6 Å². The Morgan fingerprint density at radius 2 is 1.85 bits per heavy atom. The summed E-state index contributed by atoms with van der Waals surface area (Å²) in [7, 11) is 0. The summed E-state index contributed by atoms with van der Waals surface area (Å²) in [6.45, 7) is 9.21. The van der Waals surface area contributed by atoms with Crippen molar-refractivity contribution in [3.63, 3.8) is 0 Å². The van der Waals surface area contributed by atoms with E-state index in [0.717, 1.165) is 18.4 Å². The first-order chi connectivity index (χ1) is 6.16. The molecule has 0 heterocycles. The Kier molecular flexibility index (Phi) is 9.10. The lowest BCUT2D eigenvalue weighted by Crippen LogP contribution is -2.22. The van der Waals surface area contributed by atoms with Crippen LogP contribution in [0, 0.1) is 11.8 Å². The molecule has 0 aliphatic heterocycles. The predicted molar refractivity (Wildman–Crippen MR) is 64.5 cm³/mol. The van der Waals surface area contributed by atoms with Crippen molar-refractivity contribution in [1.82, 2.24) is 5.32 Å². The average molecular weight is 203 g/mol. The van der Waals surface area contributed by atoms with Crippen molar-refractivity contribution in [1.29, 1.82) is 0 Å². The second-order valence-corrected chi connectivity index (χ2v) is 5.26. The number of hydrogen-bond donors (Lipinski definition) is 1. The lowest BCUT2D eigenvalue weighted by Gasteiger charge is -2.12. The summed E-state index contributed by atoms with van der Waals surface area (Å²) in [5.41, 5.74) is 0. The van der Waals surface area contributed by atoms with E-state index in [1.54, 1.807) is 0 Å². The van der Waals surface area contributed by atoms with Crippen molar-refractivity contribution in [3.05, 3.63) is 0 Å². The zero-order valence-electron chi connectivity index (χ0n) is 9.60. The third-order valence-corrected chi connectivity index (χ3v) is 2.83. The smallest absolute Gasteiger partial charge is 0.00258 e. The molecular formula is C11H25NS. The third kappa shape index (κ3) is 10.2. The second-order valence-electron chi connectivity index (χ2n) is 4.27. The highest BCUT2D eigenvalue weighted by Crippen LogP contribution is 2.09. The van der Waals surface area contributed by atoms with Crippen LogP contribution in [0.3, 0.4) is 0 Å². The first-order valence-corrected chi connectivity index (χ1v) is 6.75. The Balaban J connectivity index is 3.12. The maximum Gasteiger partial charge on any atom is -0.00258 e. The summed E-state index contributed by atoms with van der Waals surface area (Å²) in [6.07, 6.45) is 4.88. The van der Waals surface area contributed by atoms with E-state index in [0.29, 0.717) is 0 Å². The molecule has 1 unspecified atom stereocenters. The first-order valence-electron chi connectivity index (χ1n) is 5.36. The molecule has 0 spiro atoms. The number of hydrogen-bond acceptors (Lipinski definition) is 2. The number of nitrogens with one attached hydrogen (secondary N) is 1. The fraction of sp³-hybridized carbons (Fsp3) is 1.00. The molecule has 13 heavy (non-hydrogen) atoms. The molecule has 1 N–H and O–H groups in total. The minimum absolute atomic E-state index is 0.779. The molecular weight excluding hydrogens is 178 g/mol. The Morgan fingerprint density at radius 1 is 1.15 bits per heavy atom. The van der Waals surface area contributed by atoms with E-state index in [4.69, 9.17) is 0 Å². The molecule has 0 aromatic rings. The molecule has 0 amide bonds. The van der Waals surface area contributed by atoms with Gasteiger partial charge in [-0.3, -0.25) is 0 Å². The summed E-state index contributed by atoms with van der Waals surface area (Å²) in [4.78, 5) is 0. The van der Waals surface area contributed by atoms with Crippen LogP contribution in [0.25, 0.3) is 0 Å². The third-order valence-electron chi connectivity index (χ3n) is 2.18. The quantitative estimate of drug-likeness (QED) is 0.609. The molecule has 0 aromatic carbocycles. The highest BCUT2D eigenvalue weighted by atomic mass is 32.2. The van der Waals surface area contributed by atoms with Crippen LogP contribution in [0.15, 0.2) is 0 Å². The van der Waals surface area contributed by atoms with Crippen LogP contribution in [0.2, 0.25) is 0 Å². The Morgan fingerprint density at radius 3 is 2.38 bits per heavy atom. The molecule has 0 aliphatic carbocycles. The van der Waals surface area contributed by atoms with Gasteiger partial charge in [0.1, 0.15) is 0 Å². The lowest BCUT2D eigenvalue weighted by atomic mass is 10.1. The summed E-state index contributed by atoms with van der Waals surface area (Å²) < 4.78 is 0. The average Bonchev–Trinajstić information content (AvgIpc) is 2.08. The molecule has 0 aliphatic rings. The van der Waals surface area contributed by atoms with Gasteiger partial charge >= 0.3 is 0 Å². The second kappa shape index (κ2) is 8.89. The largest absolute Gasteiger partial charge is 0.316 e. The van der Waals surface area contributed by atoms with Crippen LogP contribution in [0.5, 0.6) is 0 Å². The van der Waals surface area contributed by atoms with Gasteiger partial charge in [0.15, 0.2) is 0 Å². The summed E-state index contributed by atoms with van der Waals surface area (Å²) in [5, 5.41) is 3.49. The van der Waals surface area contributed by atoms with Crippen molar-refractivity contribution in [2.24, 2.45) is 11.8 Å². The monoisotopic (exact) mass is 203 g/mol. The molecule has 2 heteroatoms. The maximum atomic E-state index is 3.49. The van der Waals surface area contributed by atoms with Gasteiger partial charge in [0.05, 0.1) is 0 Å². The highest BCUT2D eigenvalue weighted by Gasteiger charge is 2.00.